The predicted molar refractivity (Wildman–Crippen MR) is 96.4 cm³/mol. The molecule has 4 rings (SSSR count). The molecule has 0 saturated heterocycles. The van der Waals surface area contributed by atoms with Crippen molar-refractivity contribution in [1.29, 1.82) is 0 Å². The molecule has 4 aliphatic carbocycles. The van der Waals surface area contributed by atoms with Gasteiger partial charge in [0.1, 0.15) is 0 Å². The molecule has 2 saturated carbocycles. The fourth-order valence-corrected chi connectivity index (χ4v) is 6.96. The Labute approximate surface area is 146 Å². The number of hydrogen-bond donors (Lipinski definition) is 1. The molecule has 2 heteroatoms. The Kier molecular flexibility index (Phi) is 3.84. The van der Waals surface area contributed by atoms with Gasteiger partial charge in [-0.25, -0.2) is 0 Å². The number of ketones is 1. The van der Waals surface area contributed by atoms with Crippen molar-refractivity contribution in [3.8, 4) is 0 Å². The maximum Gasteiger partial charge on any atom is 0.155 e. The van der Waals surface area contributed by atoms with Gasteiger partial charge in [-0.1, -0.05) is 38.0 Å². The molecule has 4 aliphatic rings. The topological polar surface area (TPSA) is 37.3 Å². The molecule has 0 radical (unpaired) electrons. The molecular weight excluding hydrogens is 296 g/mol. The van der Waals surface area contributed by atoms with Gasteiger partial charge in [0.15, 0.2) is 5.78 Å². The minimum Gasteiger partial charge on any atom is -0.396 e. The van der Waals surface area contributed by atoms with Crippen LogP contribution in [0.15, 0.2) is 23.3 Å². The highest BCUT2D eigenvalue weighted by molar-refractivity contribution is 5.92. The first-order chi connectivity index (χ1) is 11.4. The van der Waals surface area contributed by atoms with Crippen LogP contribution in [0.25, 0.3) is 0 Å². The molecule has 24 heavy (non-hydrogen) atoms. The van der Waals surface area contributed by atoms with Crippen LogP contribution >= 0.6 is 0 Å². The van der Waals surface area contributed by atoms with Crippen molar-refractivity contribution < 1.29 is 9.90 Å². The Bertz CT molecular complexity index is 615. The number of carbonyl (C=O) groups is 1. The van der Waals surface area contributed by atoms with Gasteiger partial charge in [-0.3, -0.25) is 4.79 Å². The summed E-state index contributed by atoms with van der Waals surface area (Å²) in [5.74, 6) is 2.88. The van der Waals surface area contributed by atoms with E-state index in [1.54, 1.807) is 5.57 Å². The second kappa shape index (κ2) is 5.56. The van der Waals surface area contributed by atoms with Gasteiger partial charge in [-0.2, -0.15) is 0 Å². The molecule has 6 atom stereocenters. The number of aliphatic hydroxyl groups is 1. The summed E-state index contributed by atoms with van der Waals surface area (Å²) in [6.45, 7) is 7.44. The van der Waals surface area contributed by atoms with E-state index in [0.717, 1.165) is 31.6 Å². The molecule has 0 bridgehead atoms. The van der Waals surface area contributed by atoms with Crippen molar-refractivity contribution in [2.75, 3.05) is 6.61 Å². The normalized spacial score (nSPS) is 45.7. The molecule has 0 aromatic carbocycles. The summed E-state index contributed by atoms with van der Waals surface area (Å²) in [6, 6.07) is 0. The summed E-state index contributed by atoms with van der Waals surface area (Å²) < 4.78 is 0. The van der Waals surface area contributed by atoms with Crippen molar-refractivity contribution in [2.45, 2.75) is 65.7 Å². The fraction of sp³-hybridized carbons (Fsp3) is 0.773. The highest BCUT2D eigenvalue weighted by atomic mass is 16.3. The van der Waals surface area contributed by atoms with E-state index in [2.05, 4.69) is 26.8 Å². The SMILES string of the molecule is CC(CO)[C@H]1CC[C@H]2[C@@H]3CCC4=CC(=O)CC[C@]4(C)C3=CC[C@]12C. The molecule has 1 N–H and O–H groups in total. The third-order valence-corrected chi connectivity index (χ3v) is 8.38. The van der Waals surface area contributed by atoms with Crippen LogP contribution in [0.5, 0.6) is 0 Å². The molecule has 2 fully saturated rings. The minimum absolute atomic E-state index is 0.152. The number of aliphatic hydroxyl groups excluding tert-OH is 1. The van der Waals surface area contributed by atoms with Crippen LogP contribution in [0, 0.1) is 34.5 Å². The molecule has 0 aromatic rings. The Hall–Kier alpha value is -0.890. The number of carbonyl (C=O) groups excluding carboxylic acids is 1. The summed E-state index contributed by atoms with van der Waals surface area (Å²) in [7, 11) is 0. The average Bonchev–Trinajstić information content (AvgIpc) is 2.92. The van der Waals surface area contributed by atoms with Gasteiger partial charge < -0.3 is 5.11 Å². The van der Waals surface area contributed by atoms with E-state index in [4.69, 9.17) is 0 Å². The lowest BCUT2D eigenvalue weighted by molar-refractivity contribution is -0.115. The fourth-order valence-electron chi connectivity index (χ4n) is 6.96. The lowest BCUT2D eigenvalue weighted by Crippen LogP contribution is -2.45. The van der Waals surface area contributed by atoms with Crippen molar-refractivity contribution in [3.05, 3.63) is 23.3 Å². The molecule has 0 amide bonds. The van der Waals surface area contributed by atoms with E-state index in [9.17, 15) is 9.90 Å². The third kappa shape index (κ3) is 2.14. The Balaban J connectivity index is 1.70. The molecule has 0 heterocycles. The Morgan fingerprint density at radius 3 is 2.79 bits per heavy atom. The minimum atomic E-state index is 0.152. The molecule has 0 aliphatic heterocycles. The first-order valence-electron chi connectivity index (χ1n) is 9.95. The summed E-state index contributed by atoms with van der Waals surface area (Å²) in [4.78, 5) is 11.9. The zero-order valence-electron chi connectivity index (χ0n) is 15.5. The molecule has 132 valence electrons. The highest BCUT2D eigenvalue weighted by Crippen LogP contribution is 2.65. The van der Waals surface area contributed by atoms with Crippen LogP contribution in [-0.4, -0.2) is 17.5 Å². The number of allylic oxidation sites excluding steroid dienone is 4. The largest absolute Gasteiger partial charge is 0.396 e. The zero-order chi connectivity index (χ0) is 17.1. The zero-order valence-corrected chi connectivity index (χ0v) is 15.5. The lowest BCUT2D eigenvalue weighted by Gasteiger charge is -2.54. The van der Waals surface area contributed by atoms with Crippen LogP contribution in [-0.2, 0) is 4.79 Å². The number of fused-ring (bicyclic) bond motifs is 5. The van der Waals surface area contributed by atoms with Gasteiger partial charge in [0.2, 0.25) is 0 Å². The van der Waals surface area contributed by atoms with Gasteiger partial charge in [-0.05, 0) is 73.7 Å². The summed E-state index contributed by atoms with van der Waals surface area (Å²) in [5, 5.41) is 9.70. The van der Waals surface area contributed by atoms with E-state index in [-0.39, 0.29) is 5.41 Å². The van der Waals surface area contributed by atoms with Crippen molar-refractivity contribution in [2.24, 2.45) is 34.5 Å². The van der Waals surface area contributed by atoms with Crippen molar-refractivity contribution in [3.63, 3.8) is 0 Å². The summed E-state index contributed by atoms with van der Waals surface area (Å²) >= 11 is 0. The van der Waals surface area contributed by atoms with Gasteiger partial charge >= 0.3 is 0 Å². The van der Waals surface area contributed by atoms with E-state index < -0.39 is 0 Å². The van der Waals surface area contributed by atoms with E-state index >= 15 is 0 Å². The third-order valence-electron chi connectivity index (χ3n) is 8.38. The highest BCUT2D eigenvalue weighted by Gasteiger charge is 2.56. The smallest absolute Gasteiger partial charge is 0.155 e. The van der Waals surface area contributed by atoms with Gasteiger partial charge in [0.25, 0.3) is 0 Å². The second-order valence-corrected chi connectivity index (χ2v) is 9.43. The van der Waals surface area contributed by atoms with Crippen LogP contribution in [0.2, 0.25) is 0 Å². The predicted octanol–water partition coefficient (Wildman–Crippen LogP) is 4.68. The van der Waals surface area contributed by atoms with Crippen LogP contribution in [0.1, 0.15) is 65.7 Å². The van der Waals surface area contributed by atoms with E-state index in [1.165, 1.54) is 24.8 Å². The van der Waals surface area contributed by atoms with E-state index in [1.807, 2.05) is 6.08 Å². The number of hydrogen-bond acceptors (Lipinski definition) is 2. The molecule has 1 unspecified atom stereocenters. The average molecular weight is 328 g/mol. The van der Waals surface area contributed by atoms with Crippen molar-refractivity contribution >= 4 is 5.78 Å². The summed E-state index contributed by atoms with van der Waals surface area (Å²) in [5.41, 5.74) is 3.58. The van der Waals surface area contributed by atoms with Crippen LogP contribution < -0.4 is 0 Å². The first kappa shape index (κ1) is 16.6. The Morgan fingerprint density at radius 1 is 1.25 bits per heavy atom. The van der Waals surface area contributed by atoms with E-state index in [0.29, 0.717) is 35.6 Å². The van der Waals surface area contributed by atoms with Gasteiger partial charge in [0.05, 0.1) is 0 Å². The second-order valence-electron chi connectivity index (χ2n) is 9.43. The molecule has 0 spiro atoms. The molecule has 2 nitrogen and oxygen atoms in total. The standard InChI is InChI=1S/C22H32O2/c1-14(13-23)18-6-7-19-17-5-4-15-12-16(24)8-10-21(15,2)20(17)9-11-22(18,19)3/h9,12,14,17-19,23H,4-8,10-11,13H2,1-3H3/t14?,17-,18+,19-,21-,22+/m0/s1. The van der Waals surface area contributed by atoms with Gasteiger partial charge in [0, 0.05) is 18.4 Å². The Morgan fingerprint density at radius 2 is 2.04 bits per heavy atom. The number of rotatable bonds is 2. The van der Waals surface area contributed by atoms with Gasteiger partial charge in [-0.15, -0.1) is 0 Å². The quantitative estimate of drug-likeness (QED) is 0.747. The maximum absolute atomic E-state index is 11.9. The molecular formula is C22H32O2. The maximum atomic E-state index is 11.9. The van der Waals surface area contributed by atoms with Crippen LogP contribution in [0.3, 0.4) is 0 Å². The van der Waals surface area contributed by atoms with Crippen molar-refractivity contribution in [1.82, 2.24) is 0 Å². The lowest BCUT2D eigenvalue weighted by atomic mass is 9.50. The molecule has 0 aromatic heterocycles. The summed E-state index contributed by atoms with van der Waals surface area (Å²) in [6.07, 6.45) is 12.4. The first-order valence-corrected chi connectivity index (χ1v) is 9.95. The van der Waals surface area contributed by atoms with Crippen LogP contribution in [0.4, 0.5) is 0 Å². The monoisotopic (exact) mass is 328 g/mol.